The molecule has 1 aromatic heterocycles. The maximum atomic E-state index is 12.6. The number of nitrogens with zero attached hydrogens (tertiary/aromatic N) is 2. The molecule has 0 spiro atoms. The Bertz CT molecular complexity index is 624. The third kappa shape index (κ3) is 2.69. The zero-order chi connectivity index (χ0) is 15.4. The molecule has 2 rings (SSSR count). The normalized spacial score (nSPS) is 10.3. The first kappa shape index (κ1) is 14.9. The number of carbonyl (C=O) groups is 1. The van der Waals surface area contributed by atoms with E-state index < -0.39 is 0 Å². The van der Waals surface area contributed by atoms with Crippen LogP contribution in [0.5, 0.6) is 17.2 Å². The van der Waals surface area contributed by atoms with Crippen LogP contribution >= 0.6 is 0 Å². The van der Waals surface area contributed by atoms with Crippen LogP contribution < -0.4 is 14.2 Å². The molecule has 0 unspecified atom stereocenters. The first-order valence-electron chi connectivity index (χ1n) is 6.52. The molecule has 0 radical (unpaired) electrons. The van der Waals surface area contributed by atoms with Crippen molar-refractivity contribution in [2.75, 3.05) is 21.3 Å². The molecule has 6 heteroatoms. The highest BCUT2D eigenvalue weighted by atomic mass is 16.5. The van der Waals surface area contributed by atoms with Crippen molar-refractivity contribution in [3.8, 4) is 17.2 Å². The van der Waals surface area contributed by atoms with E-state index >= 15 is 0 Å². The molecule has 0 aliphatic carbocycles. The van der Waals surface area contributed by atoms with Crippen molar-refractivity contribution in [3.63, 3.8) is 0 Å². The Labute approximate surface area is 123 Å². The van der Waals surface area contributed by atoms with Gasteiger partial charge in [0.05, 0.1) is 21.3 Å². The Balaban J connectivity index is 2.51. The minimum atomic E-state index is -0.193. The number of carbonyl (C=O) groups excluding carboxylic acids is 1. The number of benzene rings is 1. The van der Waals surface area contributed by atoms with E-state index in [0.29, 0.717) is 35.2 Å². The van der Waals surface area contributed by atoms with Crippen LogP contribution in [-0.4, -0.2) is 36.7 Å². The van der Waals surface area contributed by atoms with Gasteiger partial charge in [-0.2, -0.15) is 0 Å². The first-order chi connectivity index (χ1) is 10.2. The average molecular weight is 290 g/mol. The molecule has 0 aliphatic heterocycles. The SMILES string of the molecule is CCn1ccnc1C(=O)c1cc(OC)c(OC)c(OC)c1. The number of ether oxygens (including phenoxy) is 3. The quantitative estimate of drug-likeness (QED) is 0.763. The fourth-order valence-electron chi connectivity index (χ4n) is 2.11. The fraction of sp³-hybridized carbons (Fsp3) is 0.333. The molecule has 0 saturated heterocycles. The molecule has 1 aromatic carbocycles. The van der Waals surface area contributed by atoms with Crippen molar-refractivity contribution in [1.29, 1.82) is 0 Å². The summed E-state index contributed by atoms with van der Waals surface area (Å²) in [5.74, 6) is 1.52. The number of aryl methyl sites for hydroxylation is 1. The third-order valence-electron chi connectivity index (χ3n) is 3.19. The number of hydrogen-bond acceptors (Lipinski definition) is 5. The second-order valence-electron chi connectivity index (χ2n) is 4.28. The smallest absolute Gasteiger partial charge is 0.228 e. The third-order valence-corrected chi connectivity index (χ3v) is 3.19. The van der Waals surface area contributed by atoms with Crippen molar-refractivity contribution >= 4 is 5.78 Å². The van der Waals surface area contributed by atoms with Crippen LogP contribution in [0.25, 0.3) is 0 Å². The molecule has 0 amide bonds. The van der Waals surface area contributed by atoms with E-state index in [2.05, 4.69) is 4.98 Å². The summed E-state index contributed by atoms with van der Waals surface area (Å²) in [5, 5.41) is 0. The van der Waals surface area contributed by atoms with E-state index in [-0.39, 0.29) is 5.78 Å². The van der Waals surface area contributed by atoms with Gasteiger partial charge < -0.3 is 18.8 Å². The standard InChI is InChI=1S/C15H18N2O4/c1-5-17-7-6-16-15(17)13(18)10-8-11(19-2)14(21-4)12(9-10)20-3/h6-9H,5H2,1-4H3. The molecule has 0 saturated carbocycles. The van der Waals surface area contributed by atoms with Crippen molar-refractivity contribution in [1.82, 2.24) is 9.55 Å². The summed E-state index contributed by atoms with van der Waals surface area (Å²) in [4.78, 5) is 16.7. The Morgan fingerprint density at radius 2 is 1.76 bits per heavy atom. The lowest BCUT2D eigenvalue weighted by Crippen LogP contribution is -2.11. The predicted molar refractivity (Wildman–Crippen MR) is 77.4 cm³/mol. The summed E-state index contributed by atoms with van der Waals surface area (Å²) in [5.41, 5.74) is 0.436. The Kier molecular flexibility index (Phi) is 4.47. The van der Waals surface area contributed by atoms with Crippen LogP contribution in [-0.2, 0) is 6.54 Å². The molecular weight excluding hydrogens is 272 g/mol. The molecule has 6 nitrogen and oxygen atoms in total. The van der Waals surface area contributed by atoms with Crippen LogP contribution in [0.2, 0.25) is 0 Å². The molecule has 112 valence electrons. The lowest BCUT2D eigenvalue weighted by molar-refractivity contribution is 0.102. The topological polar surface area (TPSA) is 62.6 Å². The van der Waals surface area contributed by atoms with Crippen molar-refractivity contribution in [2.24, 2.45) is 0 Å². The maximum Gasteiger partial charge on any atom is 0.228 e. The summed E-state index contributed by atoms with van der Waals surface area (Å²) >= 11 is 0. The lowest BCUT2D eigenvalue weighted by Gasteiger charge is -2.13. The Morgan fingerprint density at radius 3 is 2.24 bits per heavy atom. The highest BCUT2D eigenvalue weighted by Gasteiger charge is 2.20. The van der Waals surface area contributed by atoms with Gasteiger partial charge in [-0.05, 0) is 19.1 Å². The Morgan fingerprint density at radius 1 is 1.14 bits per heavy atom. The predicted octanol–water partition coefficient (Wildman–Crippen LogP) is 2.16. The van der Waals surface area contributed by atoms with Crippen molar-refractivity contribution in [2.45, 2.75) is 13.5 Å². The van der Waals surface area contributed by atoms with Crippen LogP contribution in [0.15, 0.2) is 24.5 Å². The number of aromatic nitrogens is 2. The van der Waals surface area contributed by atoms with Gasteiger partial charge in [-0.1, -0.05) is 0 Å². The lowest BCUT2D eigenvalue weighted by atomic mass is 10.1. The molecule has 0 N–H and O–H groups in total. The van der Waals surface area contributed by atoms with Crippen molar-refractivity contribution < 1.29 is 19.0 Å². The second-order valence-corrected chi connectivity index (χ2v) is 4.28. The van der Waals surface area contributed by atoms with Crippen LogP contribution in [0.4, 0.5) is 0 Å². The average Bonchev–Trinajstić information content (AvgIpc) is 3.01. The van der Waals surface area contributed by atoms with Crippen LogP contribution in [0.1, 0.15) is 23.1 Å². The van der Waals surface area contributed by atoms with E-state index in [9.17, 15) is 4.79 Å². The van der Waals surface area contributed by atoms with Gasteiger partial charge in [0.2, 0.25) is 11.5 Å². The zero-order valence-corrected chi connectivity index (χ0v) is 12.5. The summed E-state index contributed by atoms with van der Waals surface area (Å²) in [7, 11) is 4.54. The number of rotatable bonds is 6. The molecule has 2 aromatic rings. The van der Waals surface area contributed by atoms with Gasteiger partial charge in [0.1, 0.15) is 0 Å². The second kappa shape index (κ2) is 6.30. The Hall–Kier alpha value is -2.50. The van der Waals surface area contributed by atoms with Gasteiger partial charge in [-0.15, -0.1) is 0 Å². The van der Waals surface area contributed by atoms with Gasteiger partial charge in [0.15, 0.2) is 17.3 Å². The maximum absolute atomic E-state index is 12.6. The van der Waals surface area contributed by atoms with Gasteiger partial charge in [0.25, 0.3) is 0 Å². The van der Waals surface area contributed by atoms with Gasteiger partial charge in [-0.3, -0.25) is 4.79 Å². The summed E-state index contributed by atoms with van der Waals surface area (Å²) in [6.45, 7) is 2.62. The zero-order valence-electron chi connectivity index (χ0n) is 12.5. The number of imidazole rings is 1. The summed E-state index contributed by atoms with van der Waals surface area (Å²) in [6.07, 6.45) is 3.37. The largest absolute Gasteiger partial charge is 0.493 e. The van der Waals surface area contributed by atoms with Gasteiger partial charge >= 0.3 is 0 Å². The minimum absolute atomic E-state index is 0.193. The van der Waals surface area contributed by atoms with E-state index in [4.69, 9.17) is 14.2 Å². The summed E-state index contributed by atoms with van der Waals surface area (Å²) in [6, 6.07) is 3.25. The molecule has 0 bridgehead atoms. The van der Waals surface area contributed by atoms with E-state index in [1.54, 1.807) is 29.1 Å². The minimum Gasteiger partial charge on any atom is -0.493 e. The van der Waals surface area contributed by atoms with Gasteiger partial charge in [0, 0.05) is 24.5 Å². The molecule has 0 aliphatic rings. The van der Waals surface area contributed by atoms with E-state index in [1.165, 1.54) is 21.3 Å². The highest BCUT2D eigenvalue weighted by molar-refractivity contribution is 6.07. The molecule has 1 heterocycles. The van der Waals surface area contributed by atoms with Crippen LogP contribution in [0, 0.1) is 0 Å². The van der Waals surface area contributed by atoms with E-state index in [1.807, 2.05) is 6.92 Å². The molecule has 21 heavy (non-hydrogen) atoms. The van der Waals surface area contributed by atoms with Crippen LogP contribution in [0.3, 0.4) is 0 Å². The molecule has 0 atom stereocenters. The number of hydrogen-bond donors (Lipinski definition) is 0. The van der Waals surface area contributed by atoms with E-state index in [0.717, 1.165) is 0 Å². The fourth-order valence-corrected chi connectivity index (χ4v) is 2.11. The monoisotopic (exact) mass is 290 g/mol. The number of ketones is 1. The number of methoxy groups -OCH3 is 3. The molecule has 0 fully saturated rings. The van der Waals surface area contributed by atoms with Gasteiger partial charge in [-0.25, -0.2) is 4.98 Å². The first-order valence-corrected chi connectivity index (χ1v) is 6.52. The summed E-state index contributed by atoms with van der Waals surface area (Å²) < 4.78 is 17.5. The highest BCUT2D eigenvalue weighted by Crippen LogP contribution is 2.38. The molecular formula is C15H18N2O4. The van der Waals surface area contributed by atoms with Crippen molar-refractivity contribution in [3.05, 3.63) is 35.9 Å².